The number of aryl methyl sites for hydroxylation is 1. The van der Waals surface area contributed by atoms with Gasteiger partial charge in [0.25, 0.3) is 0 Å². The first kappa shape index (κ1) is 12.0. The summed E-state index contributed by atoms with van der Waals surface area (Å²) in [5, 5.41) is 5.87. The molecule has 1 aromatic heterocycles. The second kappa shape index (κ2) is 5.70. The summed E-state index contributed by atoms with van der Waals surface area (Å²) in [5.74, 6) is 0.992. The molecule has 1 aliphatic rings. The molecule has 1 aromatic rings. The lowest BCUT2D eigenvalue weighted by atomic mass is 10.2. The van der Waals surface area contributed by atoms with Crippen molar-refractivity contribution >= 4 is 6.03 Å². The van der Waals surface area contributed by atoms with Crippen LogP contribution < -0.4 is 10.6 Å². The van der Waals surface area contributed by atoms with E-state index in [9.17, 15) is 4.79 Å². The van der Waals surface area contributed by atoms with Crippen molar-refractivity contribution in [1.29, 1.82) is 0 Å². The summed E-state index contributed by atoms with van der Waals surface area (Å²) < 4.78 is 1.97. The van der Waals surface area contributed by atoms with E-state index < -0.39 is 0 Å². The molecule has 1 aliphatic carbocycles. The molecule has 1 saturated carbocycles. The maximum Gasteiger partial charge on any atom is 0.315 e. The van der Waals surface area contributed by atoms with Gasteiger partial charge in [-0.15, -0.1) is 0 Å². The number of urea groups is 1. The van der Waals surface area contributed by atoms with Gasteiger partial charge in [0, 0.05) is 38.4 Å². The van der Waals surface area contributed by atoms with Crippen LogP contribution in [-0.2, 0) is 13.5 Å². The molecule has 2 N–H and O–H groups in total. The average Bonchev–Trinajstić information content (AvgIpc) is 2.91. The van der Waals surface area contributed by atoms with Gasteiger partial charge in [0.05, 0.1) is 0 Å². The fraction of sp³-hybridized carbons (Fsp3) is 0.667. The highest BCUT2D eigenvalue weighted by Gasteiger charge is 2.16. The van der Waals surface area contributed by atoms with Crippen LogP contribution >= 0.6 is 0 Å². The highest BCUT2D eigenvalue weighted by Crippen LogP contribution is 2.17. The van der Waals surface area contributed by atoms with Crippen LogP contribution in [0.3, 0.4) is 0 Å². The highest BCUT2D eigenvalue weighted by molar-refractivity contribution is 5.74. The molecule has 17 heavy (non-hydrogen) atoms. The fourth-order valence-electron chi connectivity index (χ4n) is 2.23. The zero-order chi connectivity index (χ0) is 12.1. The quantitative estimate of drug-likeness (QED) is 0.825. The lowest BCUT2D eigenvalue weighted by Gasteiger charge is -2.12. The summed E-state index contributed by atoms with van der Waals surface area (Å²) in [6.07, 6.45) is 9.15. The predicted octanol–water partition coefficient (Wildman–Crippen LogP) is 1.20. The van der Waals surface area contributed by atoms with Gasteiger partial charge in [0.15, 0.2) is 0 Å². The SMILES string of the molecule is Cn1ccnc1CCNC(=O)NC1CCCC1. The van der Waals surface area contributed by atoms with Crippen LogP contribution in [-0.4, -0.2) is 28.2 Å². The van der Waals surface area contributed by atoms with Gasteiger partial charge in [-0.2, -0.15) is 0 Å². The topological polar surface area (TPSA) is 59.0 Å². The number of aromatic nitrogens is 2. The van der Waals surface area contributed by atoms with E-state index in [-0.39, 0.29) is 6.03 Å². The summed E-state index contributed by atoms with van der Waals surface area (Å²) in [7, 11) is 1.96. The van der Waals surface area contributed by atoms with Crippen molar-refractivity contribution in [3.05, 3.63) is 18.2 Å². The van der Waals surface area contributed by atoms with Gasteiger partial charge in [0.2, 0.25) is 0 Å². The molecular formula is C12H20N4O. The van der Waals surface area contributed by atoms with E-state index in [1.54, 1.807) is 6.20 Å². The summed E-state index contributed by atoms with van der Waals surface area (Å²) in [6.45, 7) is 0.628. The molecule has 0 radical (unpaired) electrons. The fourth-order valence-corrected chi connectivity index (χ4v) is 2.23. The number of amides is 2. The van der Waals surface area contributed by atoms with Crippen molar-refractivity contribution < 1.29 is 4.79 Å². The minimum Gasteiger partial charge on any atom is -0.338 e. The zero-order valence-corrected chi connectivity index (χ0v) is 10.3. The largest absolute Gasteiger partial charge is 0.338 e. The number of imidazole rings is 1. The smallest absolute Gasteiger partial charge is 0.315 e. The Morgan fingerprint density at radius 2 is 2.29 bits per heavy atom. The van der Waals surface area contributed by atoms with Crippen molar-refractivity contribution in [3.8, 4) is 0 Å². The minimum absolute atomic E-state index is 0.0499. The van der Waals surface area contributed by atoms with Crippen molar-refractivity contribution in [2.24, 2.45) is 7.05 Å². The molecule has 0 unspecified atom stereocenters. The number of carbonyl (C=O) groups excluding carboxylic acids is 1. The van der Waals surface area contributed by atoms with Crippen molar-refractivity contribution in [1.82, 2.24) is 20.2 Å². The first-order chi connectivity index (χ1) is 8.25. The number of rotatable bonds is 4. The van der Waals surface area contributed by atoms with Crippen LogP contribution in [0.1, 0.15) is 31.5 Å². The summed E-state index contributed by atoms with van der Waals surface area (Å²) in [5.41, 5.74) is 0. The molecule has 2 rings (SSSR count). The zero-order valence-electron chi connectivity index (χ0n) is 10.3. The molecule has 0 atom stereocenters. The molecule has 2 amide bonds. The Morgan fingerprint density at radius 1 is 1.53 bits per heavy atom. The second-order valence-corrected chi connectivity index (χ2v) is 4.59. The number of nitrogens with one attached hydrogen (secondary N) is 2. The summed E-state index contributed by atoms with van der Waals surface area (Å²) in [4.78, 5) is 15.8. The van der Waals surface area contributed by atoms with E-state index >= 15 is 0 Å². The maximum atomic E-state index is 11.6. The average molecular weight is 236 g/mol. The van der Waals surface area contributed by atoms with Gasteiger partial charge in [0.1, 0.15) is 5.82 Å². The van der Waals surface area contributed by atoms with Crippen LogP contribution in [0.15, 0.2) is 12.4 Å². The molecule has 1 heterocycles. The molecule has 0 spiro atoms. The van der Waals surface area contributed by atoms with Gasteiger partial charge in [-0.05, 0) is 12.8 Å². The van der Waals surface area contributed by atoms with Crippen molar-refractivity contribution in [2.75, 3.05) is 6.54 Å². The molecular weight excluding hydrogens is 216 g/mol. The maximum absolute atomic E-state index is 11.6. The lowest BCUT2D eigenvalue weighted by molar-refractivity contribution is 0.237. The summed E-state index contributed by atoms with van der Waals surface area (Å²) in [6, 6.07) is 0.328. The first-order valence-corrected chi connectivity index (χ1v) is 6.26. The monoisotopic (exact) mass is 236 g/mol. The Kier molecular flexibility index (Phi) is 4.01. The van der Waals surface area contributed by atoms with E-state index in [0.717, 1.165) is 25.1 Å². The van der Waals surface area contributed by atoms with Gasteiger partial charge in [-0.1, -0.05) is 12.8 Å². The number of nitrogens with zero attached hydrogens (tertiary/aromatic N) is 2. The van der Waals surface area contributed by atoms with Crippen molar-refractivity contribution in [3.63, 3.8) is 0 Å². The van der Waals surface area contributed by atoms with Crippen molar-refractivity contribution in [2.45, 2.75) is 38.1 Å². The summed E-state index contributed by atoms with van der Waals surface area (Å²) >= 11 is 0. The highest BCUT2D eigenvalue weighted by atomic mass is 16.2. The molecule has 5 heteroatoms. The third-order valence-corrected chi connectivity index (χ3v) is 3.25. The molecule has 94 valence electrons. The molecule has 1 fully saturated rings. The van der Waals surface area contributed by atoms with E-state index in [2.05, 4.69) is 15.6 Å². The van der Waals surface area contributed by atoms with Crippen LogP contribution in [0.5, 0.6) is 0 Å². The van der Waals surface area contributed by atoms with E-state index in [4.69, 9.17) is 0 Å². The normalized spacial score (nSPS) is 16.1. The van der Waals surface area contributed by atoms with Crippen LogP contribution in [0.4, 0.5) is 4.79 Å². The van der Waals surface area contributed by atoms with Gasteiger partial charge < -0.3 is 15.2 Å². The minimum atomic E-state index is -0.0499. The Hall–Kier alpha value is -1.52. The molecule has 0 saturated heterocycles. The number of hydrogen-bond acceptors (Lipinski definition) is 2. The van der Waals surface area contributed by atoms with Gasteiger partial charge in [-0.25, -0.2) is 9.78 Å². The number of hydrogen-bond donors (Lipinski definition) is 2. The Bertz CT molecular complexity index is 368. The predicted molar refractivity (Wildman–Crippen MR) is 65.7 cm³/mol. The van der Waals surface area contributed by atoms with Crippen LogP contribution in [0.2, 0.25) is 0 Å². The molecule has 5 nitrogen and oxygen atoms in total. The van der Waals surface area contributed by atoms with E-state index in [1.807, 2.05) is 17.8 Å². The molecule has 0 aromatic carbocycles. The Balaban J connectivity index is 1.64. The standard InChI is InChI=1S/C12H20N4O/c1-16-9-8-13-11(16)6-7-14-12(17)15-10-4-2-3-5-10/h8-10H,2-7H2,1H3,(H2,14,15,17). The first-order valence-electron chi connectivity index (χ1n) is 6.26. The third kappa shape index (κ3) is 3.47. The van der Waals surface area contributed by atoms with Crippen LogP contribution in [0.25, 0.3) is 0 Å². The van der Waals surface area contributed by atoms with E-state index in [0.29, 0.717) is 12.6 Å². The van der Waals surface area contributed by atoms with Gasteiger partial charge in [-0.3, -0.25) is 0 Å². The second-order valence-electron chi connectivity index (χ2n) is 4.59. The Morgan fingerprint density at radius 3 is 2.94 bits per heavy atom. The third-order valence-electron chi connectivity index (χ3n) is 3.25. The van der Waals surface area contributed by atoms with Gasteiger partial charge >= 0.3 is 6.03 Å². The van der Waals surface area contributed by atoms with E-state index in [1.165, 1.54) is 12.8 Å². The lowest BCUT2D eigenvalue weighted by Crippen LogP contribution is -2.41. The number of carbonyl (C=O) groups is 1. The van der Waals surface area contributed by atoms with Crippen LogP contribution in [0, 0.1) is 0 Å². The Labute approximate surface area is 102 Å². The molecule has 0 bridgehead atoms. The molecule has 0 aliphatic heterocycles.